The fraction of sp³-hybridized carbons (Fsp3) is 0.375. The minimum atomic E-state index is -1.38. The maximum absolute atomic E-state index is 10.3. The summed E-state index contributed by atoms with van der Waals surface area (Å²) in [6, 6.07) is 10.2. The quantitative estimate of drug-likeness (QED) is 0.630. The molecular weight excluding hydrogens is 240 g/mol. The van der Waals surface area contributed by atoms with Crippen molar-refractivity contribution >= 4 is 0 Å². The van der Waals surface area contributed by atoms with Crippen LogP contribution in [0.4, 0.5) is 0 Å². The molecule has 1 aliphatic rings. The van der Waals surface area contributed by atoms with E-state index in [4.69, 9.17) is 4.74 Å². The van der Waals surface area contributed by atoms with Crippen molar-refractivity contribution in [2.24, 2.45) is 0 Å². The Balaban J connectivity index is 1.87. The van der Waals surface area contributed by atoms with E-state index in [0.29, 0.717) is 6.42 Å². The maximum Gasteiger partial charge on any atom is 0.205 e. The molecule has 3 heteroatoms. The Morgan fingerprint density at radius 2 is 1.63 bits per heavy atom. The summed E-state index contributed by atoms with van der Waals surface area (Å²) in [5.41, 5.74) is 0.280. The van der Waals surface area contributed by atoms with Gasteiger partial charge in [-0.25, -0.2) is 0 Å². The topological polar surface area (TPSA) is 49.7 Å². The maximum atomic E-state index is 10.3. The van der Waals surface area contributed by atoms with Gasteiger partial charge in [0.1, 0.15) is 5.60 Å². The normalized spacial score (nSPS) is 29.6. The Kier molecular flexibility index (Phi) is 4.20. The van der Waals surface area contributed by atoms with Gasteiger partial charge in [0.2, 0.25) is 5.79 Å². The van der Waals surface area contributed by atoms with Gasteiger partial charge in [0.15, 0.2) is 0 Å². The molecule has 0 amide bonds. The summed E-state index contributed by atoms with van der Waals surface area (Å²) in [4.78, 5) is 0. The first-order chi connectivity index (χ1) is 9.05. The molecule has 0 unspecified atom stereocenters. The first-order valence-electron chi connectivity index (χ1n) is 6.50. The molecule has 19 heavy (non-hydrogen) atoms. The van der Waals surface area contributed by atoms with E-state index in [2.05, 4.69) is 12.1 Å². The molecule has 0 heterocycles. The molecule has 0 spiro atoms. The molecule has 3 nitrogen and oxygen atoms in total. The van der Waals surface area contributed by atoms with Crippen LogP contribution < -0.4 is 0 Å². The van der Waals surface area contributed by atoms with Gasteiger partial charge in [-0.3, -0.25) is 0 Å². The smallest absolute Gasteiger partial charge is 0.205 e. The first kappa shape index (κ1) is 14.0. The molecule has 2 rings (SSSR count). The number of rotatable bonds is 5. The lowest BCUT2D eigenvalue weighted by Crippen LogP contribution is -2.34. The van der Waals surface area contributed by atoms with Crippen LogP contribution >= 0.6 is 0 Å². The molecule has 1 aliphatic carbocycles. The van der Waals surface area contributed by atoms with Crippen LogP contribution in [0.2, 0.25) is 0 Å². The largest absolute Gasteiger partial charge is 0.382 e. The Morgan fingerprint density at radius 3 is 2.21 bits per heavy atom. The molecule has 1 aromatic rings. The van der Waals surface area contributed by atoms with Crippen LogP contribution in [0.3, 0.4) is 0 Å². The monoisotopic (exact) mass is 260 g/mol. The number of benzene rings is 1. The molecule has 102 valence electrons. The molecule has 0 saturated carbocycles. The van der Waals surface area contributed by atoms with Gasteiger partial charge in [0, 0.05) is 7.11 Å². The molecule has 2 N–H and O–H groups in total. The molecule has 0 fully saturated rings. The van der Waals surface area contributed by atoms with Crippen LogP contribution in [0.1, 0.15) is 18.4 Å². The third kappa shape index (κ3) is 3.77. The third-order valence-corrected chi connectivity index (χ3v) is 3.43. The molecule has 1 aromatic carbocycles. The van der Waals surface area contributed by atoms with E-state index in [9.17, 15) is 10.2 Å². The highest BCUT2D eigenvalue weighted by atomic mass is 16.6. The molecule has 0 aromatic heterocycles. The molecule has 0 radical (unpaired) electrons. The van der Waals surface area contributed by atoms with Crippen molar-refractivity contribution in [2.75, 3.05) is 7.11 Å². The summed E-state index contributed by atoms with van der Waals surface area (Å²) in [6.45, 7) is 0. The second-order valence-corrected chi connectivity index (χ2v) is 4.95. The number of hydrogen-bond acceptors (Lipinski definition) is 3. The lowest BCUT2D eigenvalue weighted by molar-refractivity contribution is -0.110. The lowest BCUT2D eigenvalue weighted by Gasteiger charge is -2.29. The highest BCUT2D eigenvalue weighted by Gasteiger charge is 2.29. The Bertz CT molecular complexity index is 448. The number of aliphatic hydroxyl groups is 2. The van der Waals surface area contributed by atoms with Gasteiger partial charge in [-0.1, -0.05) is 30.3 Å². The fourth-order valence-corrected chi connectivity index (χ4v) is 2.16. The molecule has 0 atom stereocenters. The number of ether oxygens (including phenoxy) is 1. The predicted octanol–water partition coefficient (Wildman–Crippen LogP) is 2.20. The summed E-state index contributed by atoms with van der Waals surface area (Å²) >= 11 is 0. The second kappa shape index (κ2) is 5.70. The van der Waals surface area contributed by atoms with Crippen molar-refractivity contribution in [3.63, 3.8) is 0 Å². The molecule has 0 aliphatic heterocycles. The van der Waals surface area contributed by atoms with E-state index >= 15 is 0 Å². The zero-order chi connectivity index (χ0) is 13.8. The van der Waals surface area contributed by atoms with Gasteiger partial charge in [-0.15, -0.1) is 0 Å². The van der Waals surface area contributed by atoms with Crippen molar-refractivity contribution in [1.82, 2.24) is 0 Å². The average Bonchev–Trinajstić information content (AvgIpc) is 2.44. The number of hydrogen-bond donors (Lipinski definition) is 2. The van der Waals surface area contributed by atoms with E-state index in [0.717, 1.165) is 12.8 Å². The van der Waals surface area contributed by atoms with E-state index in [1.54, 1.807) is 12.2 Å². The van der Waals surface area contributed by atoms with Gasteiger partial charge >= 0.3 is 0 Å². The standard InChI is InChI=1S/C16H20O3/c1-19-16(18)12-10-15(17,11-13-16)9-5-8-14-6-3-2-4-7-14/h2-4,6-7,10-13,17-18H,5,8-9H2,1H3. The number of methoxy groups -OCH3 is 1. The van der Waals surface area contributed by atoms with Crippen molar-refractivity contribution < 1.29 is 14.9 Å². The Morgan fingerprint density at radius 1 is 1.00 bits per heavy atom. The highest BCUT2D eigenvalue weighted by molar-refractivity contribution is 5.26. The lowest BCUT2D eigenvalue weighted by atomic mass is 9.89. The van der Waals surface area contributed by atoms with E-state index in [-0.39, 0.29) is 0 Å². The Hall–Kier alpha value is -1.42. The van der Waals surface area contributed by atoms with Crippen LogP contribution in [0.25, 0.3) is 0 Å². The summed E-state index contributed by atoms with van der Waals surface area (Å²) in [5, 5.41) is 20.1. The molecular formula is C16H20O3. The number of aryl methyl sites for hydroxylation is 1. The van der Waals surface area contributed by atoms with Crippen LogP contribution in [-0.2, 0) is 11.2 Å². The zero-order valence-electron chi connectivity index (χ0n) is 11.1. The summed E-state index contributed by atoms with van der Waals surface area (Å²) in [5.74, 6) is -1.38. The van der Waals surface area contributed by atoms with Crippen molar-refractivity contribution in [2.45, 2.75) is 30.7 Å². The molecule has 0 saturated heterocycles. The van der Waals surface area contributed by atoms with Crippen LogP contribution in [0, 0.1) is 0 Å². The van der Waals surface area contributed by atoms with E-state index < -0.39 is 11.4 Å². The van der Waals surface area contributed by atoms with Crippen molar-refractivity contribution in [3.05, 3.63) is 60.2 Å². The predicted molar refractivity (Wildman–Crippen MR) is 74.6 cm³/mol. The fourth-order valence-electron chi connectivity index (χ4n) is 2.16. The summed E-state index contributed by atoms with van der Waals surface area (Å²) < 4.78 is 4.92. The van der Waals surface area contributed by atoms with Crippen molar-refractivity contribution in [3.8, 4) is 0 Å². The first-order valence-corrected chi connectivity index (χ1v) is 6.50. The summed E-state index contributed by atoms with van der Waals surface area (Å²) in [7, 11) is 1.43. The van der Waals surface area contributed by atoms with Crippen molar-refractivity contribution in [1.29, 1.82) is 0 Å². The van der Waals surface area contributed by atoms with Crippen LogP contribution in [0.5, 0.6) is 0 Å². The van der Waals surface area contributed by atoms with Gasteiger partial charge in [-0.2, -0.15) is 0 Å². The second-order valence-electron chi connectivity index (χ2n) is 4.95. The molecule has 0 bridgehead atoms. The van der Waals surface area contributed by atoms with Crippen LogP contribution in [0.15, 0.2) is 54.6 Å². The average molecular weight is 260 g/mol. The van der Waals surface area contributed by atoms with E-state index in [1.807, 2.05) is 18.2 Å². The third-order valence-electron chi connectivity index (χ3n) is 3.43. The van der Waals surface area contributed by atoms with Crippen LogP contribution in [-0.4, -0.2) is 28.7 Å². The Labute approximate surface area is 113 Å². The highest BCUT2D eigenvalue weighted by Crippen LogP contribution is 2.26. The van der Waals surface area contributed by atoms with Gasteiger partial charge in [-0.05, 0) is 49.1 Å². The minimum absolute atomic E-state index is 0.620. The summed E-state index contributed by atoms with van der Waals surface area (Å²) in [6.07, 6.45) is 8.59. The SMILES string of the molecule is COC1(O)C=CC(O)(CCCc2ccccc2)C=C1. The zero-order valence-corrected chi connectivity index (χ0v) is 11.1. The van der Waals surface area contributed by atoms with Gasteiger partial charge < -0.3 is 14.9 Å². The van der Waals surface area contributed by atoms with E-state index in [1.165, 1.54) is 24.8 Å². The van der Waals surface area contributed by atoms with Gasteiger partial charge in [0.25, 0.3) is 0 Å². The van der Waals surface area contributed by atoms with Gasteiger partial charge in [0.05, 0.1) is 0 Å². The minimum Gasteiger partial charge on any atom is -0.382 e.